The Morgan fingerprint density at radius 1 is 1.19 bits per heavy atom. The fourth-order valence-electron chi connectivity index (χ4n) is 1.60. The largest absolute Gasteiger partial charge is 0.380 e. The molecule has 1 unspecified atom stereocenters. The minimum absolute atomic E-state index is 0.00398. The Balaban J connectivity index is 2.96. The van der Waals surface area contributed by atoms with Crippen LogP contribution in [0.5, 0.6) is 0 Å². The van der Waals surface area contributed by atoms with Crippen molar-refractivity contribution in [2.24, 2.45) is 5.92 Å². The minimum atomic E-state index is -1.17. The molecule has 4 heteroatoms. The summed E-state index contributed by atoms with van der Waals surface area (Å²) >= 11 is 0. The van der Waals surface area contributed by atoms with Crippen LogP contribution in [0.1, 0.15) is 27.2 Å². The van der Waals surface area contributed by atoms with Crippen LogP contribution < -0.4 is 5.32 Å². The molecule has 0 saturated carbocycles. The van der Waals surface area contributed by atoms with Crippen molar-refractivity contribution in [2.45, 2.75) is 33.2 Å². The summed E-state index contributed by atoms with van der Waals surface area (Å²) in [5, 5.41) is 2.82. The molecule has 1 aromatic rings. The number of halogens is 3. The number of benzene rings is 1. The molecule has 1 N–H and O–H groups in total. The summed E-state index contributed by atoms with van der Waals surface area (Å²) in [5.74, 6) is -2.71. The van der Waals surface area contributed by atoms with Gasteiger partial charge in [0.05, 0.1) is 5.69 Å². The van der Waals surface area contributed by atoms with Crippen LogP contribution >= 0.6 is 0 Å². The average Bonchev–Trinajstić information content (AvgIpc) is 2.20. The van der Waals surface area contributed by atoms with E-state index in [1.807, 2.05) is 20.8 Å². The molecule has 0 bridgehead atoms. The van der Waals surface area contributed by atoms with Crippen molar-refractivity contribution in [3.63, 3.8) is 0 Å². The van der Waals surface area contributed by atoms with Gasteiger partial charge in [-0.05, 0) is 12.3 Å². The van der Waals surface area contributed by atoms with E-state index in [1.54, 1.807) is 0 Å². The highest BCUT2D eigenvalue weighted by Gasteiger charge is 2.16. The monoisotopic (exact) mass is 231 g/mol. The smallest absolute Gasteiger partial charge is 0.182 e. The highest BCUT2D eigenvalue weighted by atomic mass is 19.2. The lowest BCUT2D eigenvalue weighted by atomic mass is 10.0. The molecule has 0 spiro atoms. The van der Waals surface area contributed by atoms with Gasteiger partial charge in [-0.25, -0.2) is 13.2 Å². The molecule has 1 aromatic carbocycles. The van der Waals surface area contributed by atoms with E-state index >= 15 is 0 Å². The van der Waals surface area contributed by atoms with E-state index in [2.05, 4.69) is 5.32 Å². The highest BCUT2D eigenvalue weighted by Crippen LogP contribution is 2.22. The van der Waals surface area contributed by atoms with Crippen LogP contribution in [0.2, 0.25) is 0 Å². The summed E-state index contributed by atoms with van der Waals surface area (Å²) in [5.41, 5.74) is -0.113. The maximum Gasteiger partial charge on any atom is 0.182 e. The van der Waals surface area contributed by atoms with Crippen LogP contribution in [0.3, 0.4) is 0 Å². The Kier molecular flexibility index (Phi) is 4.21. The van der Waals surface area contributed by atoms with Gasteiger partial charge in [-0.3, -0.25) is 0 Å². The number of anilines is 1. The molecule has 1 atom stereocenters. The van der Waals surface area contributed by atoms with E-state index in [9.17, 15) is 13.2 Å². The van der Waals surface area contributed by atoms with Crippen LogP contribution in [-0.4, -0.2) is 6.04 Å². The first kappa shape index (κ1) is 12.9. The average molecular weight is 231 g/mol. The molecule has 0 aromatic heterocycles. The second kappa shape index (κ2) is 5.23. The van der Waals surface area contributed by atoms with Crippen molar-refractivity contribution < 1.29 is 13.2 Å². The number of hydrogen-bond acceptors (Lipinski definition) is 1. The molecule has 0 amide bonds. The Morgan fingerprint density at radius 3 is 2.31 bits per heavy atom. The van der Waals surface area contributed by atoms with Gasteiger partial charge in [-0.1, -0.05) is 20.8 Å². The van der Waals surface area contributed by atoms with Gasteiger partial charge in [0.25, 0.3) is 0 Å². The molecule has 0 fully saturated rings. The maximum absolute atomic E-state index is 13.3. The molecule has 0 saturated heterocycles. The quantitative estimate of drug-likeness (QED) is 0.773. The lowest BCUT2D eigenvalue weighted by Crippen LogP contribution is -2.25. The molecule has 0 aliphatic rings. The molecule has 0 aliphatic carbocycles. The van der Waals surface area contributed by atoms with E-state index in [0.717, 1.165) is 12.5 Å². The van der Waals surface area contributed by atoms with Crippen LogP contribution in [0, 0.1) is 23.4 Å². The third-order valence-corrected chi connectivity index (χ3v) is 2.58. The van der Waals surface area contributed by atoms with Crippen LogP contribution in [0.4, 0.5) is 18.9 Å². The first-order valence-electron chi connectivity index (χ1n) is 5.36. The maximum atomic E-state index is 13.3. The van der Waals surface area contributed by atoms with Crippen molar-refractivity contribution in [3.05, 3.63) is 29.6 Å². The summed E-state index contributed by atoms with van der Waals surface area (Å²) in [7, 11) is 0. The molecule has 1 rings (SSSR count). The Hall–Kier alpha value is -1.19. The van der Waals surface area contributed by atoms with Crippen molar-refractivity contribution >= 4 is 5.69 Å². The first-order chi connectivity index (χ1) is 7.45. The normalized spacial score (nSPS) is 12.9. The van der Waals surface area contributed by atoms with Crippen LogP contribution in [-0.2, 0) is 0 Å². The lowest BCUT2D eigenvalue weighted by Gasteiger charge is -2.22. The molecule has 90 valence electrons. The van der Waals surface area contributed by atoms with E-state index in [-0.39, 0.29) is 17.6 Å². The van der Waals surface area contributed by atoms with Gasteiger partial charge in [0.15, 0.2) is 11.6 Å². The second-order valence-electron chi connectivity index (χ2n) is 4.15. The fraction of sp³-hybridized carbons (Fsp3) is 0.500. The zero-order chi connectivity index (χ0) is 12.3. The molecular weight excluding hydrogens is 215 g/mol. The van der Waals surface area contributed by atoms with Crippen molar-refractivity contribution in [3.8, 4) is 0 Å². The van der Waals surface area contributed by atoms with Crippen molar-refractivity contribution in [2.75, 3.05) is 5.32 Å². The Morgan fingerprint density at radius 2 is 1.81 bits per heavy atom. The van der Waals surface area contributed by atoms with Gasteiger partial charge >= 0.3 is 0 Å². The molecule has 16 heavy (non-hydrogen) atoms. The molecule has 0 heterocycles. The molecule has 1 nitrogen and oxygen atoms in total. The predicted molar refractivity (Wildman–Crippen MR) is 58.9 cm³/mol. The Labute approximate surface area is 93.7 Å². The number of hydrogen-bond donors (Lipinski definition) is 1. The van der Waals surface area contributed by atoms with Gasteiger partial charge in [0.2, 0.25) is 0 Å². The van der Waals surface area contributed by atoms with E-state index in [0.29, 0.717) is 6.07 Å². The number of rotatable bonds is 4. The van der Waals surface area contributed by atoms with Gasteiger partial charge in [0, 0.05) is 18.2 Å². The molecule has 0 radical (unpaired) electrons. The summed E-state index contributed by atoms with van der Waals surface area (Å²) < 4.78 is 39.2. The SMILES string of the molecule is CCC(Nc1cc(F)cc(F)c1F)C(C)C. The zero-order valence-corrected chi connectivity index (χ0v) is 9.65. The van der Waals surface area contributed by atoms with Gasteiger partial charge in [0.1, 0.15) is 5.82 Å². The van der Waals surface area contributed by atoms with Gasteiger partial charge in [-0.15, -0.1) is 0 Å². The topological polar surface area (TPSA) is 12.0 Å². The summed E-state index contributed by atoms with van der Waals surface area (Å²) in [6.45, 7) is 5.87. The predicted octanol–water partition coefficient (Wildman–Crippen LogP) is 3.95. The summed E-state index contributed by atoms with van der Waals surface area (Å²) in [4.78, 5) is 0. The summed E-state index contributed by atoms with van der Waals surface area (Å²) in [6.07, 6.45) is 0.759. The third-order valence-electron chi connectivity index (χ3n) is 2.58. The van der Waals surface area contributed by atoms with E-state index in [4.69, 9.17) is 0 Å². The lowest BCUT2D eigenvalue weighted by molar-refractivity contribution is 0.482. The van der Waals surface area contributed by atoms with Crippen LogP contribution in [0.15, 0.2) is 12.1 Å². The fourth-order valence-corrected chi connectivity index (χ4v) is 1.60. The number of nitrogens with one attached hydrogen (secondary N) is 1. The first-order valence-corrected chi connectivity index (χ1v) is 5.36. The van der Waals surface area contributed by atoms with E-state index in [1.165, 1.54) is 0 Å². The third kappa shape index (κ3) is 2.90. The van der Waals surface area contributed by atoms with E-state index < -0.39 is 17.5 Å². The van der Waals surface area contributed by atoms with Crippen LogP contribution in [0.25, 0.3) is 0 Å². The highest BCUT2D eigenvalue weighted by molar-refractivity contribution is 5.46. The second-order valence-corrected chi connectivity index (χ2v) is 4.15. The minimum Gasteiger partial charge on any atom is -0.380 e. The Bertz CT molecular complexity index is 364. The summed E-state index contributed by atoms with van der Waals surface area (Å²) in [6, 6.07) is 1.51. The van der Waals surface area contributed by atoms with Gasteiger partial charge in [-0.2, -0.15) is 0 Å². The van der Waals surface area contributed by atoms with Crippen molar-refractivity contribution in [1.29, 1.82) is 0 Å². The standard InChI is InChI=1S/C12H16F3N/c1-4-10(7(2)3)16-11-6-8(13)5-9(14)12(11)15/h5-7,10,16H,4H2,1-3H3. The zero-order valence-electron chi connectivity index (χ0n) is 9.65. The molecular formula is C12H16F3N. The van der Waals surface area contributed by atoms with Gasteiger partial charge < -0.3 is 5.32 Å². The molecule has 0 aliphatic heterocycles. The van der Waals surface area contributed by atoms with Crippen molar-refractivity contribution in [1.82, 2.24) is 0 Å².